The number of rotatable bonds is 5. The first-order chi connectivity index (χ1) is 10.7. The van der Waals surface area contributed by atoms with E-state index in [0.717, 1.165) is 23.1 Å². The van der Waals surface area contributed by atoms with Crippen LogP contribution < -0.4 is 0 Å². The highest BCUT2D eigenvalue weighted by molar-refractivity contribution is 5.89. The van der Waals surface area contributed by atoms with Crippen molar-refractivity contribution in [2.24, 2.45) is 0 Å². The molecule has 2 aromatic rings. The minimum Gasteiger partial charge on any atom is -0.115 e. The van der Waals surface area contributed by atoms with Gasteiger partial charge in [0.1, 0.15) is 0 Å². The monoisotopic (exact) mass is 286 g/mol. The maximum atomic E-state index is 5.71. The summed E-state index contributed by atoms with van der Waals surface area (Å²) in [6.07, 6.45) is 16.5. The average molecular weight is 286 g/mol. The molecule has 22 heavy (non-hydrogen) atoms. The SMILES string of the molecule is C#C\C(=C/C(C)=C/C=C\CCC)c1ccc2ccccc2c1. The third-order valence-electron chi connectivity index (χ3n) is 3.54. The van der Waals surface area contributed by atoms with E-state index in [9.17, 15) is 0 Å². The molecule has 0 aliphatic carbocycles. The normalized spacial score (nSPS) is 12.8. The minimum absolute atomic E-state index is 0.920. The summed E-state index contributed by atoms with van der Waals surface area (Å²) in [5.74, 6) is 2.81. The molecule has 0 fully saturated rings. The Balaban J connectivity index is 2.29. The summed E-state index contributed by atoms with van der Waals surface area (Å²) < 4.78 is 0. The van der Waals surface area contributed by atoms with Gasteiger partial charge in [0.05, 0.1) is 0 Å². The van der Waals surface area contributed by atoms with Crippen molar-refractivity contribution in [3.63, 3.8) is 0 Å². The van der Waals surface area contributed by atoms with Gasteiger partial charge in [0, 0.05) is 5.57 Å². The van der Waals surface area contributed by atoms with Gasteiger partial charge in [0.2, 0.25) is 0 Å². The van der Waals surface area contributed by atoms with Gasteiger partial charge in [-0.05, 0) is 47.4 Å². The second-order valence-electron chi connectivity index (χ2n) is 5.39. The number of hydrogen-bond donors (Lipinski definition) is 0. The van der Waals surface area contributed by atoms with Gasteiger partial charge in [-0.15, -0.1) is 6.42 Å². The fourth-order valence-electron chi connectivity index (χ4n) is 2.32. The molecule has 0 aromatic heterocycles. The first-order valence-corrected chi connectivity index (χ1v) is 7.75. The van der Waals surface area contributed by atoms with Crippen LogP contribution in [-0.4, -0.2) is 0 Å². The lowest BCUT2D eigenvalue weighted by molar-refractivity contribution is 0.959. The predicted molar refractivity (Wildman–Crippen MR) is 98.6 cm³/mol. The molecule has 0 aliphatic heterocycles. The largest absolute Gasteiger partial charge is 0.115 e. The molecule has 2 rings (SSSR count). The Bertz CT molecular complexity index is 764. The van der Waals surface area contributed by atoms with E-state index in [0.29, 0.717) is 0 Å². The zero-order valence-corrected chi connectivity index (χ0v) is 13.3. The molecule has 0 aliphatic rings. The van der Waals surface area contributed by atoms with Gasteiger partial charge in [-0.1, -0.05) is 73.9 Å². The summed E-state index contributed by atoms with van der Waals surface area (Å²) in [6.45, 7) is 4.26. The van der Waals surface area contributed by atoms with Gasteiger partial charge in [-0.2, -0.15) is 0 Å². The number of unbranched alkanes of at least 4 members (excludes halogenated alkanes) is 1. The minimum atomic E-state index is 0.920. The van der Waals surface area contributed by atoms with Crippen LogP contribution in [0.4, 0.5) is 0 Å². The van der Waals surface area contributed by atoms with Gasteiger partial charge in [0.25, 0.3) is 0 Å². The molecule has 0 bridgehead atoms. The van der Waals surface area contributed by atoms with Gasteiger partial charge in [-0.3, -0.25) is 0 Å². The van der Waals surface area contributed by atoms with Crippen molar-refractivity contribution >= 4 is 16.3 Å². The molecular formula is C22H22. The fourth-order valence-corrected chi connectivity index (χ4v) is 2.32. The van der Waals surface area contributed by atoms with E-state index in [1.54, 1.807) is 0 Å². The summed E-state index contributed by atoms with van der Waals surface area (Å²) in [7, 11) is 0. The van der Waals surface area contributed by atoms with Crippen LogP contribution in [0.15, 0.2) is 72.3 Å². The van der Waals surface area contributed by atoms with Crippen LogP contribution in [0.3, 0.4) is 0 Å². The van der Waals surface area contributed by atoms with Gasteiger partial charge < -0.3 is 0 Å². The number of benzene rings is 2. The molecule has 0 N–H and O–H groups in total. The highest BCUT2D eigenvalue weighted by Crippen LogP contribution is 2.22. The lowest BCUT2D eigenvalue weighted by atomic mass is 10.00. The topological polar surface area (TPSA) is 0 Å². The predicted octanol–water partition coefficient (Wildman–Crippen LogP) is 6.16. The number of hydrogen-bond acceptors (Lipinski definition) is 0. The van der Waals surface area contributed by atoms with Crippen LogP contribution in [0.5, 0.6) is 0 Å². The Kier molecular flexibility index (Phi) is 5.81. The molecule has 0 saturated carbocycles. The Labute approximate surface area is 133 Å². The highest BCUT2D eigenvalue weighted by Gasteiger charge is 2.00. The van der Waals surface area contributed by atoms with Crippen molar-refractivity contribution in [2.75, 3.05) is 0 Å². The van der Waals surface area contributed by atoms with Crippen molar-refractivity contribution in [1.82, 2.24) is 0 Å². The Morgan fingerprint density at radius 3 is 2.64 bits per heavy atom. The highest BCUT2D eigenvalue weighted by atomic mass is 14.0. The van der Waals surface area contributed by atoms with Crippen molar-refractivity contribution in [2.45, 2.75) is 26.7 Å². The van der Waals surface area contributed by atoms with E-state index in [-0.39, 0.29) is 0 Å². The molecule has 0 saturated heterocycles. The molecule has 0 atom stereocenters. The maximum absolute atomic E-state index is 5.71. The Morgan fingerprint density at radius 2 is 1.91 bits per heavy atom. The molecule has 0 radical (unpaired) electrons. The third kappa shape index (κ3) is 4.24. The van der Waals surface area contributed by atoms with Crippen LogP contribution in [0.25, 0.3) is 16.3 Å². The van der Waals surface area contributed by atoms with Crippen molar-refractivity contribution in [3.05, 3.63) is 77.9 Å². The van der Waals surface area contributed by atoms with E-state index in [1.165, 1.54) is 17.2 Å². The van der Waals surface area contributed by atoms with Crippen molar-refractivity contribution in [3.8, 4) is 12.3 Å². The lowest BCUT2D eigenvalue weighted by Crippen LogP contribution is -1.83. The maximum Gasteiger partial charge on any atom is 0.0317 e. The summed E-state index contributed by atoms with van der Waals surface area (Å²) in [5, 5.41) is 2.45. The quantitative estimate of drug-likeness (QED) is 0.456. The molecule has 110 valence electrons. The summed E-state index contributed by atoms with van der Waals surface area (Å²) in [4.78, 5) is 0. The molecular weight excluding hydrogens is 264 g/mol. The molecule has 0 spiro atoms. The van der Waals surface area contributed by atoms with Gasteiger partial charge in [-0.25, -0.2) is 0 Å². The van der Waals surface area contributed by atoms with Crippen molar-refractivity contribution in [1.29, 1.82) is 0 Å². The van der Waals surface area contributed by atoms with E-state index < -0.39 is 0 Å². The van der Waals surface area contributed by atoms with Gasteiger partial charge in [0.15, 0.2) is 0 Å². The second kappa shape index (κ2) is 8.05. The van der Waals surface area contributed by atoms with E-state index >= 15 is 0 Å². The first kappa shape index (κ1) is 15.9. The summed E-state index contributed by atoms with van der Waals surface area (Å²) >= 11 is 0. The second-order valence-corrected chi connectivity index (χ2v) is 5.39. The summed E-state index contributed by atoms with van der Waals surface area (Å²) in [6, 6.07) is 14.7. The van der Waals surface area contributed by atoms with Crippen LogP contribution in [-0.2, 0) is 0 Å². The van der Waals surface area contributed by atoms with Crippen LogP contribution in [0.2, 0.25) is 0 Å². The van der Waals surface area contributed by atoms with Crippen LogP contribution in [0.1, 0.15) is 32.3 Å². The third-order valence-corrected chi connectivity index (χ3v) is 3.54. The zero-order valence-electron chi connectivity index (χ0n) is 13.3. The molecule has 0 unspecified atom stereocenters. The smallest absolute Gasteiger partial charge is 0.0317 e. The van der Waals surface area contributed by atoms with E-state index in [1.807, 2.05) is 0 Å². The van der Waals surface area contributed by atoms with Crippen LogP contribution >= 0.6 is 0 Å². The molecule has 0 heteroatoms. The fraction of sp³-hybridized carbons (Fsp3) is 0.182. The lowest BCUT2D eigenvalue weighted by Gasteiger charge is -2.04. The first-order valence-electron chi connectivity index (χ1n) is 7.75. The number of terminal acetylenes is 1. The zero-order chi connectivity index (χ0) is 15.8. The van der Waals surface area contributed by atoms with E-state index in [4.69, 9.17) is 6.42 Å². The van der Waals surface area contributed by atoms with Crippen molar-refractivity contribution < 1.29 is 0 Å². The molecule has 2 aromatic carbocycles. The Morgan fingerprint density at radius 1 is 1.14 bits per heavy atom. The molecule has 0 heterocycles. The van der Waals surface area contributed by atoms with Crippen LogP contribution in [0, 0.1) is 12.3 Å². The van der Waals surface area contributed by atoms with E-state index in [2.05, 4.69) is 86.5 Å². The van der Waals surface area contributed by atoms with Gasteiger partial charge >= 0.3 is 0 Å². The molecule has 0 nitrogen and oxygen atoms in total. The standard InChI is InChI=1S/C22H22/c1-4-6-7-8-11-18(3)16-19(5-2)22-15-14-20-12-9-10-13-21(20)17-22/h2,7-17H,4,6H2,1,3H3/b8-7-,18-11+,19-16+. The summed E-state index contributed by atoms with van der Waals surface area (Å²) in [5.41, 5.74) is 3.17. The number of fused-ring (bicyclic) bond motifs is 1. The number of allylic oxidation sites excluding steroid dienone is 6. The average Bonchev–Trinajstić information content (AvgIpc) is 2.56. The Hall–Kier alpha value is -2.52. The molecule has 0 amide bonds.